The number of benzene rings is 1. The number of hydrogen-bond acceptors (Lipinski definition) is 7. The SMILES string of the molecule is N#CC(C#N)=C(N)/C(C#N)=C/c1ccc(O)c([N+](=O)[O-])c1. The largest absolute Gasteiger partial charge is 0.502 e. The Kier molecular flexibility index (Phi) is 4.62. The number of phenols is 1. The maximum absolute atomic E-state index is 10.7. The summed E-state index contributed by atoms with van der Waals surface area (Å²) in [5.74, 6) is -0.520. The minimum atomic E-state index is -0.784. The number of rotatable bonds is 3. The van der Waals surface area contributed by atoms with Crippen molar-refractivity contribution in [3.05, 3.63) is 50.7 Å². The number of nitrogens with two attached hydrogens (primary N) is 1. The van der Waals surface area contributed by atoms with E-state index in [0.717, 1.165) is 12.1 Å². The zero-order valence-electron chi connectivity index (χ0n) is 10.4. The number of nitro benzene ring substituents is 1. The van der Waals surface area contributed by atoms with Crippen LogP contribution in [0.5, 0.6) is 5.75 Å². The molecule has 1 aromatic rings. The van der Waals surface area contributed by atoms with Crippen molar-refractivity contribution in [1.29, 1.82) is 15.8 Å². The van der Waals surface area contributed by atoms with Gasteiger partial charge in [0.1, 0.15) is 18.2 Å². The Balaban J connectivity index is 3.43. The third kappa shape index (κ3) is 3.34. The van der Waals surface area contributed by atoms with E-state index < -0.39 is 21.9 Å². The topological polar surface area (TPSA) is 161 Å². The molecule has 0 saturated carbocycles. The summed E-state index contributed by atoms with van der Waals surface area (Å²) in [6.07, 6.45) is 1.18. The lowest BCUT2D eigenvalue weighted by atomic mass is 10.1. The maximum Gasteiger partial charge on any atom is 0.311 e. The third-order valence-corrected chi connectivity index (χ3v) is 2.41. The number of phenolic OH excluding ortho intramolecular Hbond substituents is 1. The summed E-state index contributed by atoms with van der Waals surface area (Å²) in [4.78, 5) is 9.92. The molecule has 0 radical (unpaired) electrons. The minimum absolute atomic E-state index is 0.187. The molecule has 8 heteroatoms. The molecule has 0 spiro atoms. The highest BCUT2D eigenvalue weighted by molar-refractivity contribution is 5.68. The second kappa shape index (κ2) is 6.37. The first-order valence-electron chi connectivity index (χ1n) is 5.34. The molecule has 0 atom stereocenters. The van der Waals surface area contributed by atoms with E-state index >= 15 is 0 Å². The lowest BCUT2D eigenvalue weighted by Crippen LogP contribution is -2.03. The molecule has 0 heterocycles. The molecule has 1 aromatic carbocycles. The van der Waals surface area contributed by atoms with Gasteiger partial charge in [0.15, 0.2) is 11.3 Å². The fourth-order valence-corrected chi connectivity index (χ4v) is 1.39. The normalized spacial score (nSPS) is 9.86. The molecule has 0 aromatic heterocycles. The molecule has 0 fully saturated rings. The van der Waals surface area contributed by atoms with E-state index in [-0.39, 0.29) is 16.8 Å². The first-order chi connectivity index (χ1) is 9.94. The van der Waals surface area contributed by atoms with Crippen molar-refractivity contribution in [1.82, 2.24) is 0 Å². The van der Waals surface area contributed by atoms with Crippen molar-refractivity contribution in [2.45, 2.75) is 0 Å². The Morgan fingerprint density at radius 1 is 1.29 bits per heavy atom. The Morgan fingerprint density at radius 2 is 1.90 bits per heavy atom. The molecule has 0 aliphatic rings. The summed E-state index contributed by atoms with van der Waals surface area (Å²) in [7, 11) is 0. The van der Waals surface area contributed by atoms with Gasteiger partial charge in [-0.05, 0) is 17.7 Å². The average molecular weight is 281 g/mol. The van der Waals surface area contributed by atoms with Crippen LogP contribution < -0.4 is 5.73 Å². The van der Waals surface area contributed by atoms with E-state index in [1.54, 1.807) is 18.2 Å². The molecular weight excluding hydrogens is 274 g/mol. The van der Waals surface area contributed by atoms with Gasteiger partial charge in [0.05, 0.1) is 16.2 Å². The maximum atomic E-state index is 10.7. The van der Waals surface area contributed by atoms with Crippen molar-refractivity contribution in [3.63, 3.8) is 0 Å². The molecule has 1 rings (SSSR count). The van der Waals surface area contributed by atoms with E-state index in [2.05, 4.69) is 0 Å². The van der Waals surface area contributed by atoms with E-state index in [9.17, 15) is 15.2 Å². The fraction of sp³-hybridized carbons (Fsp3) is 0. The van der Waals surface area contributed by atoms with Crippen molar-refractivity contribution >= 4 is 11.8 Å². The van der Waals surface area contributed by atoms with Crippen LogP contribution in [0.4, 0.5) is 5.69 Å². The first-order valence-corrected chi connectivity index (χ1v) is 5.34. The highest BCUT2D eigenvalue weighted by Crippen LogP contribution is 2.27. The van der Waals surface area contributed by atoms with E-state index in [1.165, 1.54) is 12.1 Å². The number of nitrogens with zero attached hydrogens (tertiary/aromatic N) is 4. The van der Waals surface area contributed by atoms with Gasteiger partial charge in [-0.3, -0.25) is 10.1 Å². The quantitative estimate of drug-likeness (QED) is 0.366. The molecule has 0 unspecified atom stereocenters. The van der Waals surface area contributed by atoms with Crippen LogP contribution >= 0.6 is 0 Å². The summed E-state index contributed by atoms with van der Waals surface area (Å²) in [6, 6.07) is 8.25. The number of nitriles is 3. The zero-order valence-corrected chi connectivity index (χ0v) is 10.4. The molecule has 3 N–H and O–H groups in total. The summed E-state index contributed by atoms with van der Waals surface area (Å²) >= 11 is 0. The highest BCUT2D eigenvalue weighted by atomic mass is 16.6. The van der Waals surface area contributed by atoms with E-state index in [1.807, 2.05) is 0 Å². The van der Waals surface area contributed by atoms with Crippen LogP contribution in [0.1, 0.15) is 5.56 Å². The van der Waals surface area contributed by atoms with Crippen molar-refractivity contribution in [2.24, 2.45) is 5.73 Å². The minimum Gasteiger partial charge on any atom is -0.502 e. The Labute approximate surface area is 119 Å². The summed E-state index contributed by atoms with van der Waals surface area (Å²) in [6.45, 7) is 0. The van der Waals surface area contributed by atoms with E-state index in [0.29, 0.717) is 0 Å². The number of nitro groups is 1. The van der Waals surface area contributed by atoms with Gasteiger partial charge in [-0.25, -0.2) is 0 Å². The lowest BCUT2D eigenvalue weighted by molar-refractivity contribution is -0.385. The van der Waals surface area contributed by atoms with Crippen LogP contribution in [-0.2, 0) is 0 Å². The Hall–Kier alpha value is -3.83. The van der Waals surface area contributed by atoms with Gasteiger partial charge >= 0.3 is 5.69 Å². The first kappa shape index (κ1) is 15.2. The van der Waals surface area contributed by atoms with Crippen LogP contribution in [-0.4, -0.2) is 10.0 Å². The molecule has 102 valence electrons. The molecular formula is C13H7N5O3. The monoisotopic (exact) mass is 281 g/mol. The van der Waals surface area contributed by atoms with Gasteiger partial charge in [-0.2, -0.15) is 15.8 Å². The van der Waals surface area contributed by atoms with Crippen molar-refractivity contribution < 1.29 is 10.0 Å². The smallest absolute Gasteiger partial charge is 0.311 e. The second-order valence-electron chi connectivity index (χ2n) is 3.69. The predicted molar refractivity (Wildman–Crippen MR) is 70.8 cm³/mol. The third-order valence-electron chi connectivity index (χ3n) is 2.41. The lowest BCUT2D eigenvalue weighted by Gasteiger charge is -2.01. The van der Waals surface area contributed by atoms with Gasteiger partial charge < -0.3 is 10.8 Å². The highest BCUT2D eigenvalue weighted by Gasteiger charge is 2.14. The summed E-state index contributed by atoms with van der Waals surface area (Å²) in [5, 5.41) is 46.4. The summed E-state index contributed by atoms with van der Waals surface area (Å²) in [5.41, 5.74) is 4.27. The van der Waals surface area contributed by atoms with Gasteiger partial charge in [-0.15, -0.1) is 0 Å². The molecule has 21 heavy (non-hydrogen) atoms. The Bertz CT molecular complexity index is 771. The molecule has 0 saturated heterocycles. The van der Waals surface area contributed by atoms with Gasteiger partial charge in [0.25, 0.3) is 0 Å². The zero-order chi connectivity index (χ0) is 16.0. The second-order valence-corrected chi connectivity index (χ2v) is 3.69. The number of aromatic hydroxyl groups is 1. The van der Waals surface area contributed by atoms with E-state index in [4.69, 9.17) is 21.5 Å². The Morgan fingerprint density at radius 3 is 2.38 bits per heavy atom. The van der Waals surface area contributed by atoms with Crippen LogP contribution in [0.3, 0.4) is 0 Å². The van der Waals surface area contributed by atoms with Gasteiger partial charge in [0.2, 0.25) is 0 Å². The number of allylic oxidation sites excluding steroid dienone is 2. The van der Waals surface area contributed by atoms with Gasteiger partial charge in [0, 0.05) is 6.07 Å². The van der Waals surface area contributed by atoms with Crippen molar-refractivity contribution in [3.8, 4) is 24.0 Å². The molecule has 8 nitrogen and oxygen atoms in total. The van der Waals surface area contributed by atoms with Crippen LogP contribution in [0.15, 0.2) is 35.0 Å². The predicted octanol–water partition coefficient (Wildman–Crippen LogP) is 1.47. The van der Waals surface area contributed by atoms with Crippen molar-refractivity contribution in [2.75, 3.05) is 0 Å². The molecule has 0 bridgehead atoms. The molecule has 0 aliphatic heterocycles. The number of hydrogen-bond donors (Lipinski definition) is 2. The van der Waals surface area contributed by atoms with Gasteiger partial charge in [-0.1, -0.05) is 6.07 Å². The van der Waals surface area contributed by atoms with Crippen LogP contribution in [0.2, 0.25) is 0 Å². The standard InChI is InChI=1S/C13H7N5O3/c14-5-9(13(17)10(6-15)7-16)3-8-1-2-12(19)11(4-8)18(20)21/h1-4,19H,17H2/b9-3+. The fourth-order valence-electron chi connectivity index (χ4n) is 1.39. The summed E-state index contributed by atoms with van der Waals surface area (Å²) < 4.78 is 0. The van der Waals surface area contributed by atoms with Crippen LogP contribution in [0.25, 0.3) is 6.08 Å². The van der Waals surface area contributed by atoms with Crippen LogP contribution in [0, 0.1) is 44.1 Å². The molecule has 0 aliphatic carbocycles. The average Bonchev–Trinajstić information content (AvgIpc) is 2.47. The molecule has 0 amide bonds.